The molecule has 0 atom stereocenters. The highest BCUT2D eigenvalue weighted by Gasteiger charge is 2.30. The lowest BCUT2D eigenvalue weighted by Crippen LogP contribution is -2.28. The van der Waals surface area contributed by atoms with Gasteiger partial charge < -0.3 is 4.57 Å². The number of nitro groups is 1. The van der Waals surface area contributed by atoms with Crippen molar-refractivity contribution in [2.24, 2.45) is 4.99 Å². The van der Waals surface area contributed by atoms with Crippen LogP contribution in [-0.2, 0) is 16.1 Å². The lowest BCUT2D eigenvalue weighted by atomic mass is 10.2. The first-order chi connectivity index (χ1) is 15.4. The molecule has 1 aromatic heterocycles. The number of amides is 3. The van der Waals surface area contributed by atoms with E-state index in [0.717, 1.165) is 16.2 Å². The average Bonchev–Trinajstić information content (AvgIpc) is 3.30. The predicted octanol–water partition coefficient (Wildman–Crippen LogP) is 3.37. The zero-order valence-electron chi connectivity index (χ0n) is 17.0. The van der Waals surface area contributed by atoms with Crippen LogP contribution < -0.4 is 9.70 Å². The van der Waals surface area contributed by atoms with Crippen LogP contribution in [0.3, 0.4) is 0 Å². The first kappa shape index (κ1) is 21.9. The largest absolute Gasteiger partial charge is 0.315 e. The number of fused-ring (bicyclic) bond motifs is 1. The molecule has 4 rings (SSSR count). The summed E-state index contributed by atoms with van der Waals surface area (Å²) >= 11 is 2.86. The summed E-state index contributed by atoms with van der Waals surface area (Å²) < 4.78 is 2.56. The van der Waals surface area contributed by atoms with Crippen molar-refractivity contribution in [2.45, 2.75) is 19.4 Å². The molecule has 0 N–H and O–H groups in total. The summed E-state index contributed by atoms with van der Waals surface area (Å²) in [7, 11) is 0. The quantitative estimate of drug-likeness (QED) is 0.310. The van der Waals surface area contributed by atoms with Gasteiger partial charge >= 0.3 is 0 Å². The van der Waals surface area contributed by atoms with Crippen LogP contribution in [0.1, 0.15) is 23.2 Å². The fourth-order valence-corrected chi connectivity index (χ4v) is 4.88. The van der Waals surface area contributed by atoms with Crippen molar-refractivity contribution < 1.29 is 19.3 Å². The Bertz CT molecular complexity index is 1290. The number of anilines is 1. The molecule has 0 spiro atoms. The van der Waals surface area contributed by atoms with Crippen LogP contribution in [0, 0.1) is 10.1 Å². The Balaban J connectivity index is 1.69. The monoisotopic (exact) mass is 470 g/mol. The maximum Gasteiger partial charge on any atom is 0.279 e. The number of rotatable bonds is 6. The van der Waals surface area contributed by atoms with Gasteiger partial charge in [0.25, 0.3) is 11.6 Å². The number of hydrogen-bond acceptors (Lipinski definition) is 7. The van der Waals surface area contributed by atoms with E-state index in [4.69, 9.17) is 0 Å². The smallest absolute Gasteiger partial charge is 0.279 e. The molecule has 0 aliphatic carbocycles. The molecule has 1 aliphatic heterocycles. The number of thioether (sulfide) groups is 1. The second-order valence-electron chi connectivity index (χ2n) is 7.02. The molecule has 3 amide bonds. The summed E-state index contributed by atoms with van der Waals surface area (Å²) in [6, 6.07) is 10.8. The van der Waals surface area contributed by atoms with Crippen molar-refractivity contribution in [1.29, 1.82) is 0 Å². The average molecular weight is 471 g/mol. The zero-order valence-corrected chi connectivity index (χ0v) is 18.6. The number of carbonyl (C=O) groups excluding carboxylic acids is 3. The molecule has 2 aromatic carbocycles. The van der Waals surface area contributed by atoms with Crippen LogP contribution in [0.15, 0.2) is 47.5 Å². The Labute approximate surface area is 190 Å². The number of aryl methyl sites for hydroxylation is 1. The van der Waals surface area contributed by atoms with Crippen LogP contribution in [0.4, 0.5) is 11.4 Å². The number of non-ortho nitro benzene ring substituents is 1. The van der Waals surface area contributed by atoms with E-state index < -0.39 is 10.8 Å². The van der Waals surface area contributed by atoms with Crippen LogP contribution in [0.5, 0.6) is 0 Å². The Morgan fingerprint density at radius 2 is 1.84 bits per heavy atom. The second-order valence-corrected chi connectivity index (χ2v) is 9.02. The van der Waals surface area contributed by atoms with E-state index >= 15 is 0 Å². The number of carbonyl (C=O) groups is 3. The van der Waals surface area contributed by atoms with Gasteiger partial charge in [-0.2, -0.15) is 16.8 Å². The second kappa shape index (κ2) is 9.05. The van der Waals surface area contributed by atoms with E-state index in [0.29, 0.717) is 27.3 Å². The molecule has 11 heteroatoms. The molecule has 0 saturated carbocycles. The molecule has 32 heavy (non-hydrogen) atoms. The summed E-state index contributed by atoms with van der Waals surface area (Å²) in [6.45, 7) is 0.600. The van der Waals surface area contributed by atoms with Gasteiger partial charge in [-0.05, 0) is 36.6 Å². The van der Waals surface area contributed by atoms with Crippen molar-refractivity contribution in [1.82, 2.24) is 4.57 Å². The summed E-state index contributed by atoms with van der Waals surface area (Å²) in [5, 5.41) is 11.1. The fourth-order valence-electron chi connectivity index (χ4n) is 3.43. The van der Waals surface area contributed by atoms with Gasteiger partial charge in [0, 0.05) is 42.8 Å². The summed E-state index contributed by atoms with van der Waals surface area (Å²) in [5.74, 6) is -0.202. The molecule has 0 bridgehead atoms. The molecular formula is C21H18N4O5S2. The van der Waals surface area contributed by atoms with Gasteiger partial charge in [0.05, 0.1) is 20.8 Å². The van der Waals surface area contributed by atoms with Gasteiger partial charge in [0.2, 0.25) is 11.8 Å². The van der Waals surface area contributed by atoms with E-state index in [1.807, 2.05) is 10.8 Å². The van der Waals surface area contributed by atoms with Crippen LogP contribution in [0.2, 0.25) is 0 Å². The maximum atomic E-state index is 12.8. The highest BCUT2D eigenvalue weighted by atomic mass is 32.2. The lowest BCUT2D eigenvalue weighted by molar-refractivity contribution is -0.384. The number of hydrogen-bond donors (Lipinski definition) is 0. The minimum atomic E-state index is -0.477. The van der Waals surface area contributed by atoms with Gasteiger partial charge in [-0.3, -0.25) is 29.4 Å². The minimum absolute atomic E-state index is 0.0183. The third-order valence-electron chi connectivity index (χ3n) is 5.02. The number of aromatic nitrogens is 1. The minimum Gasteiger partial charge on any atom is -0.315 e. The first-order valence-electron chi connectivity index (χ1n) is 9.70. The molecule has 3 aromatic rings. The van der Waals surface area contributed by atoms with Gasteiger partial charge in [-0.25, -0.2) is 0 Å². The van der Waals surface area contributed by atoms with E-state index in [9.17, 15) is 24.5 Å². The van der Waals surface area contributed by atoms with E-state index in [2.05, 4.69) is 4.99 Å². The Morgan fingerprint density at radius 3 is 2.47 bits per heavy atom. The van der Waals surface area contributed by atoms with E-state index in [1.54, 1.807) is 30.0 Å². The third kappa shape index (κ3) is 4.21. The number of thiazole rings is 1. The van der Waals surface area contributed by atoms with E-state index in [1.165, 1.54) is 35.6 Å². The molecule has 0 unspecified atom stereocenters. The Morgan fingerprint density at radius 1 is 1.16 bits per heavy atom. The third-order valence-corrected chi connectivity index (χ3v) is 6.65. The van der Waals surface area contributed by atoms with Gasteiger partial charge in [0.1, 0.15) is 0 Å². The van der Waals surface area contributed by atoms with Gasteiger partial charge in [0.15, 0.2) is 4.80 Å². The van der Waals surface area contributed by atoms with Crippen molar-refractivity contribution in [2.75, 3.05) is 16.9 Å². The van der Waals surface area contributed by atoms with Crippen LogP contribution in [-0.4, -0.2) is 39.2 Å². The van der Waals surface area contributed by atoms with Crippen LogP contribution in [0.25, 0.3) is 10.2 Å². The topological polar surface area (TPSA) is 115 Å². The summed E-state index contributed by atoms with van der Waals surface area (Å²) in [6.07, 6.45) is 2.35. The maximum absolute atomic E-state index is 12.8. The molecule has 1 aliphatic rings. The molecule has 2 heterocycles. The highest BCUT2D eigenvalue weighted by Crippen LogP contribution is 2.25. The molecule has 1 fully saturated rings. The van der Waals surface area contributed by atoms with E-state index in [-0.39, 0.29) is 30.3 Å². The predicted molar refractivity (Wildman–Crippen MR) is 123 cm³/mol. The summed E-state index contributed by atoms with van der Waals surface area (Å²) in [4.78, 5) is 53.1. The van der Waals surface area contributed by atoms with Crippen molar-refractivity contribution in [3.05, 3.63) is 62.9 Å². The molecule has 0 radical (unpaired) electrons. The van der Waals surface area contributed by atoms with Crippen molar-refractivity contribution >= 4 is 62.4 Å². The van der Waals surface area contributed by atoms with Crippen molar-refractivity contribution in [3.63, 3.8) is 0 Å². The number of nitro benzene ring substituents is 1. The Hall–Kier alpha value is -3.31. The molecule has 1 saturated heterocycles. The molecular weight excluding hydrogens is 452 g/mol. The molecule has 9 nitrogen and oxygen atoms in total. The first-order valence-corrected chi connectivity index (χ1v) is 11.9. The molecule has 164 valence electrons. The van der Waals surface area contributed by atoms with Gasteiger partial charge in [-0.15, -0.1) is 0 Å². The number of nitrogens with zero attached hydrogens (tertiary/aromatic N) is 4. The SMILES string of the molecule is CSCCn1c(=NC(=O)c2ccc(N3C(=O)CCC3=O)cc2)sc2cc([N+](=O)[O-])ccc21. The fraction of sp³-hybridized carbons (Fsp3) is 0.238. The number of benzene rings is 2. The van der Waals surface area contributed by atoms with Crippen LogP contribution >= 0.6 is 23.1 Å². The zero-order chi connectivity index (χ0) is 22.8. The lowest BCUT2D eigenvalue weighted by Gasteiger charge is -2.13. The summed E-state index contributed by atoms with van der Waals surface area (Å²) in [5.41, 5.74) is 1.50. The Kier molecular flexibility index (Phi) is 6.19. The number of imide groups is 1. The van der Waals surface area contributed by atoms with Gasteiger partial charge in [-0.1, -0.05) is 11.3 Å². The normalized spacial score (nSPS) is 14.5. The van der Waals surface area contributed by atoms with Crippen molar-refractivity contribution in [3.8, 4) is 0 Å². The standard InChI is InChI=1S/C21H18N4O5S2/c1-31-11-10-23-16-7-6-15(25(29)30)12-17(16)32-21(23)22-20(28)13-2-4-14(5-3-13)24-18(26)8-9-19(24)27/h2-7,12H,8-11H2,1H3. The highest BCUT2D eigenvalue weighted by molar-refractivity contribution is 7.98.